The van der Waals surface area contributed by atoms with Crippen LogP contribution in [-0.2, 0) is 14.3 Å². The van der Waals surface area contributed by atoms with Crippen LogP contribution >= 0.6 is 0 Å². The molecule has 6 heteroatoms. The number of rotatable bonds is 5. The first kappa shape index (κ1) is 20.1. The highest BCUT2D eigenvalue weighted by atomic mass is 16.6. The van der Waals surface area contributed by atoms with E-state index in [0.29, 0.717) is 22.6 Å². The van der Waals surface area contributed by atoms with E-state index in [0.717, 1.165) is 11.1 Å². The Morgan fingerprint density at radius 3 is 2.26 bits per heavy atom. The number of nitrogens with zero attached hydrogens (tertiary/aromatic N) is 1. The van der Waals surface area contributed by atoms with Gasteiger partial charge in [0.1, 0.15) is 0 Å². The second kappa shape index (κ2) is 8.67. The monoisotopic (exact) mass is 413 g/mol. The summed E-state index contributed by atoms with van der Waals surface area (Å²) >= 11 is 0. The van der Waals surface area contributed by atoms with Gasteiger partial charge in [-0.05, 0) is 47.0 Å². The third kappa shape index (κ3) is 4.53. The Balaban J connectivity index is 1.58. The van der Waals surface area contributed by atoms with Gasteiger partial charge in [0, 0.05) is 12.5 Å². The van der Waals surface area contributed by atoms with Crippen LogP contribution in [-0.4, -0.2) is 24.9 Å². The number of esters is 2. The second-order valence-corrected chi connectivity index (χ2v) is 6.78. The number of hydrogen-bond acceptors (Lipinski definition) is 6. The van der Waals surface area contributed by atoms with Crippen molar-refractivity contribution in [2.45, 2.75) is 6.92 Å². The molecular formula is C25H19NO5. The molecule has 0 fully saturated rings. The number of cyclic esters (lactones) is 1. The molecule has 31 heavy (non-hydrogen) atoms. The van der Waals surface area contributed by atoms with Crippen molar-refractivity contribution in [3.63, 3.8) is 0 Å². The van der Waals surface area contributed by atoms with Crippen molar-refractivity contribution in [1.29, 1.82) is 0 Å². The third-order valence-electron chi connectivity index (χ3n) is 4.60. The molecule has 0 aliphatic carbocycles. The molecule has 3 aromatic carbocycles. The van der Waals surface area contributed by atoms with Gasteiger partial charge in [-0.2, -0.15) is 0 Å². The van der Waals surface area contributed by atoms with Crippen LogP contribution in [0.5, 0.6) is 11.5 Å². The predicted octanol–water partition coefficient (Wildman–Crippen LogP) is 4.63. The molecule has 0 atom stereocenters. The number of ether oxygens (including phenoxy) is 3. The average molecular weight is 413 g/mol. The van der Waals surface area contributed by atoms with Gasteiger partial charge in [0.2, 0.25) is 5.90 Å². The summed E-state index contributed by atoms with van der Waals surface area (Å²) in [5, 5.41) is 0. The van der Waals surface area contributed by atoms with Crippen molar-refractivity contribution in [3.05, 3.63) is 89.6 Å². The van der Waals surface area contributed by atoms with Crippen molar-refractivity contribution in [3.8, 4) is 22.6 Å². The summed E-state index contributed by atoms with van der Waals surface area (Å²) in [7, 11) is 1.47. The number of carbonyl (C=O) groups excluding carboxylic acids is 2. The van der Waals surface area contributed by atoms with E-state index in [2.05, 4.69) is 4.99 Å². The van der Waals surface area contributed by atoms with Crippen molar-refractivity contribution in [1.82, 2.24) is 0 Å². The van der Waals surface area contributed by atoms with E-state index in [4.69, 9.17) is 14.2 Å². The normalized spacial score (nSPS) is 14.2. The molecule has 0 unspecified atom stereocenters. The third-order valence-corrected chi connectivity index (χ3v) is 4.60. The molecule has 0 N–H and O–H groups in total. The Bertz CT molecular complexity index is 1190. The fraction of sp³-hybridized carbons (Fsp3) is 0.0800. The van der Waals surface area contributed by atoms with Crippen LogP contribution in [0.2, 0.25) is 0 Å². The van der Waals surface area contributed by atoms with Crippen LogP contribution in [0.25, 0.3) is 17.2 Å². The van der Waals surface area contributed by atoms with E-state index >= 15 is 0 Å². The van der Waals surface area contributed by atoms with Crippen LogP contribution < -0.4 is 9.47 Å². The molecule has 4 rings (SSSR count). The molecule has 1 aliphatic heterocycles. The predicted molar refractivity (Wildman–Crippen MR) is 117 cm³/mol. The van der Waals surface area contributed by atoms with E-state index in [-0.39, 0.29) is 11.6 Å². The van der Waals surface area contributed by atoms with Crippen molar-refractivity contribution < 1.29 is 23.8 Å². The minimum Gasteiger partial charge on any atom is -0.493 e. The molecule has 0 radical (unpaired) electrons. The Morgan fingerprint density at radius 2 is 1.58 bits per heavy atom. The van der Waals surface area contributed by atoms with Gasteiger partial charge in [-0.1, -0.05) is 48.5 Å². The van der Waals surface area contributed by atoms with E-state index < -0.39 is 11.9 Å². The molecule has 6 nitrogen and oxygen atoms in total. The topological polar surface area (TPSA) is 74.2 Å². The number of benzene rings is 3. The molecule has 0 saturated carbocycles. The fourth-order valence-corrected chi connectivity index (χ4v) is 3.14. The summed E-state index contributed by atoms with van der Waals surface area (Å²) < 4.78 is 15.7. The van der Waals surface area contributed by atoms with E-state index in [9.17, 15) is 9.59 Å². The lowest BCUT2D eigenvalue weighted by Crippen LogP contribution is -2.05. The van der Waals surface area contributed by atoms with Crippen molar-refractivity contribution in [2.24, 2.45) is 4.99 Å². The van der Waals surface area contributed by atoms with E-state index in [1.807, 2.05) is 54.6 Å². The minimum atomic E-state index is -0.537. The Morgan fingerprint density at radius 1 is 0.903 bits per heavy atom. The number of hydrogen-bond donors (Lipinski definition) is 0. The lowest BCUT2D eigenvalue weighted by Gasteiger charge is -2.08. The molecule has 0 spiro atoms. The second-order valence-electron chi connectivity index (χ2n) is 6.78. The molecule has 1 aliphatic rings. The van der Waals surface area contributed by atoms with Crippen LogP contribution in [0.15, 0.2) is 83.5 Å². The quantitative estimate of drug-likeness (QED) is 0.346. The summed E-state index contributed by atoms with van der Waals surface area (Å²) in [4.78, 5) is 27.8. The maximum Gasteiger partial charge on any atom is 0.363 e. The van der Waals surface area contributed by atoms with Gasteiger partial charge in [-0.3, -0.25) is 4.79 Å². The van der Waals surface area contributed by atoms with Crippen LogP contribution in [0.1, 0.15) is 18.1 Å². The molecule has 3 aromatic rings. The highest BCUT2D eigenvalue weighted by Gasteiger charge is 2.24. The molecular weight excluding hydrogens is 394 g/mol. The van der Waals surface area contributed by atoms with Crippen LogP contribution in [0.4, 0.5) is 0 Å². The summed E-state index contributed by atoms with van der Waals surface area (Å²) in [5.41, 5.74) is 3.70. The first-order chi connectivity index (χ1) is 15.0. The highest BCUT2D eigenvalue weighted by molar-refractivity contribution is 6.13. The van der Waals surface area contributed by atoms with Gasteiger partial charge in [-0.25, -0.2) is 9.79 Å². The molecule has 1 heterocycles. The lowest BCUT2D eigenvalue weighted by atomic mass is 10.0. The molecule has 0 saturated heterocycles. The minimum absolute atomic E-state index is 0.171. The first-order valence-corrected chi connectivity index (χ1v) is 9.58. The zero-order chi connectivity index (χ0) is 21.8. The van der Waals surface area contributed by atoms with E-state index in [1.54, 1.807) is 24.3 Å². The smallest absolute Gasteiger partial charge is 0.363 e. The van der Waals surface area contributed by atoms with Gasteiger partial charge < -0.3 is 14.2 Å². The summed E-state index contributed by atoms with van der Waals surface area (Å²) in [6.45, 7) is 1.31. The fourth-order valence-electron chi connectivity index (χ4n) is 3.14. The summed E-state index contributed by atoms with van der Waals surface area (Å²) in [6, 6.07) is 22.6. The van der Waals surface area contributed by atoms with Crippen molar-refractivity contribution in [2.75, 3.05) is 7.11 Å². The molecule has 154 valence electrons. The average Bonchev–Trinajstić information content (AvgIpc) is 3.15. The first-order valence-electron chi connectivity index (χ1n) is 9.58. The zero-order valence-corrected chi connectivity index (χ0v) is 17.0. The van der Waals surface area contributed by atoms with Crippen molar-refractivity contribution >= 4 is 23.9 Å². The largest absolute Gasteiger partial charge is 0.493 e. The maximum atomic E-state index is 12.3. The van der Waals surface area contributed by atoms with Gasteiger partial charge in [0.15, 0.2) is 17.2 Å². The lowest BCUT2D eigenvalue weighted by molar-refractivity contribution is -0.132. The molecule has 0 aromatic heterocycles. The number of carbonyl (C=O) groups is 2. The van der Waals surface area contributed by atoms with Gasteiger partial charge in [0.25, 0.3) is 0 Å². The summed E-state index contributed by atoms with van der Waals surface area (Å²) in [5.74, 6) is -0.0636. The Labute approximate surface area is 179 Å². The maximum absolute atomic E-state index is 12.3. The SMILES string of the molecule is COc1cc(C=C2N=C(c3ccc(-c4ccccc4)cc3)OC2=O)ccc1OC(C)=O. The Kier molecular flexibility index (Phi) is 5.62. The Hall–Kier alpha value is -4.19. The zero-order valence-electron chi connectivity index (χ0n) is 17.0. The van der Waals surface area contributed by atoms with Gasteiger partial charge >= 0.3 is 11.9 Å². The van der Waals surface area contributed by atoms with E-state index in [1.165, 1.54) is 14.0 Å². The highest BCUT2D eigenvalue weighted by Crippen LogP contribution is 2.30. The molecule has 0 amide bonds. The number of methoxy groups -OCH3 is 1. The number of aliphatic imine (C=N–C) groups is 1. The summed E-state index contributed by atoms with van der Waals surface area (Å²) in [6.07, 6.45) is 1.59. The van der Waals surface area contributed by atoms with Crippen LogP contribution in [0, 0.1) is 0 Å². The standard InChI is InChI=1S/C25H19NO5/c1-16(27)30-22-13-8-17(15-23(22)29-2)14-21-25(28)31-24(26-21)20-11-9-19(10-12-20)18-6-4-3-5-7-18/h3-15H,1-2H3. The molecule has 0 bridgehead atoms. The van der Waals surface area contributed by atoms with Gasteiger partial charge in [-0.15, -0.1) is 0 Å². The van der Waals surface area contributed by atoms with Gasteiger partial charge in [0.05, 0.1) is 7.11 Å². The van der Waals surface area contributed by atoms with Crippen LogP contribution in [0.3, 0.4) is 0 Å².